The van der Waals surface area contributed by atoms with Gasteiger partial charge in [-0.3, -0.25) is 14.6 Å². The molecular weight excluding hydrogens is 358 g/mol. The molecule has 0 unspecified atom stereocenters. The van der Waals surface area contributed by atoms with Crippen molar-refractivity contribution in [2.24, 2.45) is 0 Å². The van der Waals surface area contributed by atoms with Crippen LogP contribution in [0.5, 0.6) is 0 Å². The second-order valence-corrected chi connectivity index (χ2v) is 5.76. The number of nitrogens with zero attached hydrogens (tertiary/aromatic N) is 1. The quantitative estimate of drug-likeness (QED) is 0.791. The molecule has 2 amide bonds. The summed E-state index contributed by atoms with van der Waals surface area (Å²) in [6, 6.07) is 9.18. The van der Waals surface area contributed by atoms with Gasteiger partial charge in [-0.25, -0.2) is 0 Å². The Kier molecular flexibility index (Phi) is 6.05. The lowest BCUT2D eigenvalue weighted by Gasteiger charge is -2.09. The maximum atomic E-state index is 11.9. The van der Waals surface area contributed by atoms with Gasteiger partial charge >= 0.3 is 0 Å². The van der Waals surface area contributed by atoms with E-state index in [0.717, 1.165) is 21.3 Å². The molecule has 1 aromatic carbocycles. The van der Waals surface area contributed by atoms with Gasteiger partial charge in [0.2, 0.25) is 11.8 Å². The van der Waals surface area contributed by atoms with E-state index in [0.29, 0.717) is 0 Å². The van der Waals surface area contributed by atoms with Gasteiger partial charge in [0.05, 0.1) is 6.54 Å². The zero-order chi connectivity index (χ0) is 16.7. The molecule has 2 aromatic rings. The largest absolute Gasteiger partial charge is 0.343 e. The van der Waals surface area contributed by atoms with Crippen molar-refractivity contribution < 1.29 is 9.59 Å². The van der Waals surface area contributed by atoms with Crippen LogP contribution < -0.4 is 10.6 Å². The first-order valence-corrected chi connectivity index (χ1v) is 7.76. The summed E-state index contributed by atoms with van der Waals surface area (Å²) in [5.41, 5.74) is 2.48. The van der Waals surface area contributed by atoms with Crippen molar-refractivity contribution in [1.29, 1.82) is 0 Å². The second-order valence-electron chi connectivity index (χ2n) is 4.84. The minimum absolute atomic E-state index is 0.0916. The average Bonchev–Trinajstić information content (AvgIpc) is 2.54. The molecule has 5 nitrogen and oxygen atoms in total. The molecular formula is C17H16BrN3O2. The number of carbonyl (C=O) groups excluding carboxylic acids is 2. The van der Waals surface area contributed by atoms with Crippen LogP contribution in [0.25, 0.3) is 6.08 Å². The van der Waals surface area contributed by atoms with Crippen molar-refractivity contribution in [3.8, 4) is 0 Å². The highest BCUT2D eigenvalue weighted by molar-refractivity contribution is 9.10. The first-order valence-electron chi connectivity index (χ1n) is 6.96. The molecule has 0 atom stereocenters. The molecule has 0 fully saturated rings. The molecule has 0 radical (unpaired) electrons. The highest BCUT2D eigenvalue weighted by Gasteiger charge is 2.06. The van der Waals surface area contributed by atoms with Gasteiger partial charge in [-0.15, -0.1) is 0 Å². The zero-order valence-electron chi connectivity index (χ0n) is 12.5. The second kappa shape index (κ2) is 8.24. The number of aromatic nitrogens is 1. The maximum Gasteiger partial charge on any atom is 0.244 e. The third-order valence-electron chi connectivity index (χ3n) is 3.00. The van der Waals surface area contributed by atoms with E-state index in [1.165, 1.54) is 6.08 Å². The van der Waals surface area contributed by atoms with Crippen molar-refractivity contribution in [2.75, 3.05) is 11.9 Å². The SMILES string of the molecule is Cc1cc(Br)ccc1NC(=O)CNC(=O)/C=C/c1cccnc1. The monoisotopic (exact) mass is 373 g/mol. The van der Waals surface area contributed by atoms with Gasteiger partial charge < -0.3 is 10.6 Å². The number of hydrogen-bond donors (Lipinski definition) is 2. The Morgan fingerprint density at radius 2 is 2.13 bits per heavy atom. The molecule has 2 N–H and O–H groups in total. The molecule has 2 rings (SSSR count). The first-order chi connectivity index (χ1) is 11.0. The third-order valence-corrected chi connectivity index (χ3v) is 3.49. The molecule has 0 aliphatic carbocycles. The number of rotatable bonds is 5. The van der Waals surface area contributed by atoms with E-state index in [1.807, 2.05) is 25.1 Å². The highest BCUT2D eigenvalue weighted by Crippen LogP contribution is 2.19. The normalized spacial score (nSPS) is 10.5. The fourth-order valence-electron chi connectivity index (χ4n) is 1.83. The van der Waals surface area contributed by atoms with Crippen LogP contribution in [0, 0.1) is 6.92 Å². The molecule has 118 valence electrons. The summed E-state index contributed by atoms with van der Waals surface area (Å²) in [4.78, 5) is 27.5. The number of anilines is 1. The van der Waals surface area contributed by atoms with E-state index >= 15 is 0 Å². The Bertz CT molecular complexity index is 730. The van der Waals surface area contributed by atoms with E-state index < -0.39 is 0 Å². The average molecular weight is 374 g/mol. The van der Waals surface area contributed by atoms with Crippen LogP contribution in [0.1, 0.15) is 11.1 Å². The standard InChI is InChI=1S/C17H16BrN3O2/c1-12-9-14(18)5-6-15(12)21-17(23)11-20-16(22)7-4-13-3-2-8-19-10-13/h2-10H,11H2,1H3,(H,20,22)(H,21,23)/b7-4+. The molecule has 6 heteroatoms. The van der Waals surface area contributed by atoms with Gasteiger partial charge in [-0.1, -0.05) is 22.0 Å². The van der Waals surface area contributed by atoms with Gasteiger partial charge in [0.1, 0.15) is 0 Å². The third kappa shape index (κ3) is 5.67. The van der Waals surface area contributed by atoms with E-state index in [4.69, 9.17) is 0 Å². The van der Waals surface area contributed by atoms with E-state index in [-0.39, 0.29) is 18.4 Å². The highest BCUT2D eigenvalue weighted by atomic mass is 79.9. The number of hydrogen-bond acceptors (Lipinski definition) is 3. The predicted octanol–water partition coefficient (Wildman–Crippen LogP) is 2.92. The number of aryl methyl sites for hydroxylation is 1. The molecule has 0 aliphatic heterocycles. The Balaban J connectivity index is 1.82. The molecule has 0 saturated carbocycles. The summed E-state index contributed by atoms with van der Waals surface area (Å²) in [7, 11) is 0. The van der Waals surface area contributed by atoms with E-state index in [9.17, 15) is 9.59 Å². The van der Waals surface area contributed by atoms with Crippen molar-refractivity contribution in [2.45, 2.75) is 6.92 Å². The molecule has 0 spiro atoms. The van der Waals surface area contributed by atoms with Crippen LogP contribution in [0.4, 0.5) is 5.69 Å². The first kappa shape index (κ1) is 16.9. The summed E-state index contributed by atoms with van der Waals surface area (Å²) >= 11 is 3.37. The summed E-state index contributed by atoms with van der Waals surface area (Å²) in [6.45, 7) is 1.81. The van der Waals surface area contributed by atoms with Crippen LogP contribution in [0.3, 0.4) is 0 Å². The Hall–Kier alpha value is -2.47. The van der Waals surface area contributed by atoms with Crippen molar-refractivity contribution in [1.82, 2.24) is 10.3 Å². The van der Waals surface area contributed by atoms with Crippen molar-refractivity contribution in [3.05, 3.63) is 64.4 Å². The molecule has 0 aliphatic rings. The number of carbonyl (C=O) groups is 2. The fourth-order valence-corrected chi connectivity index (χ4v) is 2.31. The van der Waals surface area contributed by atoms with Gasteiger partial charge in [0, 0.05) is 28.6 Å². The van der Waals surface area contributed by atoms with Crippen molar-refractivity contribution >= 4 is 39.5 Å². The van der Waals surface area contributed by atoms with Gasteiger partial charge in [0.15, 0.2) is 0 Å². The number of amides is 2. The Labute approximate surface area is 142 Å². The predicted molar refractivity (Wildman–Crippen MR) is 93.8 cm³/mol. The van der Waals surface area contributed by atoms with Gasteiger partial charge in [-0.05, 0) is 48.4 Å². The fraction of sp³-hybridized carbons (Fsp3) is 0.118. The van der Waals surface area contributed by atoms with Crippen molar-refractivity contribution in [3.63, 3.8) is 0 Å². The Morgan fingerprint density at radius 1 is 1.30 bits per heavy atom. The molecule has 1 aromatic heterocycles. The number of nitrogens with one attached hydrogen (secondary N) is 2. The summed E-state index contributed by atoms with van der Waals surface area (Å²) in [5, 5.41) is 5.29. The molecule has 23 heavy (non-hydrogen) atoms. The van der Waals surface area contributed by atoms with E-state index in [2.05, 4.69) is 31.5 Å². The number of halogens is 1. The molecule has 1 heterocycles. The van der Waals surface area contributed by atoms with Crippen LogP contribution in [-0.4, -0.2) is 23.3 Å². The Morgan fingerprint density at radius 3 is 2.83 bits per heavy atom. The lowest BCUT2D eigenvalue weighted by Crippen LogP contribution is -2.31. The maximum absolute atomic E-state index is 11.9. The molecule has 0 bridgehead atoms. The molecule has 0 saturated heterocycles. The minimum atomic E-state index is -0.337. The van der Waals surface area contributed by atoms with Gasteiger partial charge in [-0.2, -0.15) is 0 Å². The smallest absolute Gasteiger partial charge is 0.244 e. The summed E-state index contributed by atoms with van der Waals surface area (Å²) < 4.78 is 0.946. The number of pyridine rings is 1. The summed E-state index contributed by atoms with van der Waals surface area (Å²) in [6.07, 6.45) is 6.31. The lowest BCUT2D eigenvalue weighted by molar-refractivity contribution is -0.121. The topological polar surface area (TPSA) is 71.1 Å². The minimum Gasteiger partial charge on any atom is -0.343 e. The van der Waals surface area contributed by atoms with Gasteiger partial charge in [0.25, 0.3) is 0 Å². The van der Waals surface area contributed by atoms with Crippen LogP contribution in [-0.2, 0) is 9.59 Å². The lowest BCUT2D eigenvalue weighted by atomic mass is 10.2. The summed E-state index contributed by atoms with van der Waals surface area (Å²) in [5.74, 6) is -0.616. The zero-order valence-corrected chi connectivity index (χ0v) is 14.1. The number of benzene rings is 1. The van der Waals surface area contributed by atoms with Crippen LogP contribution in [0.15, 0.2) is 53.3 Å². The van der Waals surface area contributed by atoms with Crippen LogP contribution >= 0.6 is 15.9 Å². The van der Waals surface area contributed by atoms with E-state index in [1.54, 1.807) is 30.6 Å². The van der Waals surface area contributed by atoms with Crippen LogP contribution in [0.2, 0.25) is 0 Å².